The number of benzene rings is 1. The van der Waals surface area contributed by atoms with E-state index >= 15 is 0 Å². The Labute approximate surface area is 92.6 Å². The second-order valence-corrected chi connectivity index (χ2v) is 3.88. The van der Waals surface area contributed by atoms with Crippen LogP contribution in [-0.2, 0) is 4.79 Å². The fourth-order valence-corrected chi connectivity index (χ4v) is 1.94. The summed E-state index contributed by atoms with van der Waals surface area (Å²) in [7, 11) is 0. The highest BCUT2D eigenvalue weighted by molar-refractivity contribution is 5.84. The lowest BCUT2D eigenvalue weighted by Crippen LogP contribution is -2.46. The molecule has 1 heterocycles. The highest BCUT2D eigenvalue weighted by atomic mass is 16.6. The second-order valence-electron chi connectivity index (χ2n) is 3.88. The van der Waals surface area contributed by atoms with Gasteiger partial charge >= 0.3 is 0 Å². The quantitative estimate of drug-likeness (QED) is 0.595. The number of amides is 1. The summed E-state index contributed by atoms with van der Waals surface area (Å²) in [4.78, 5) is 22.0. The van der Waals surface area contributed by atoms with Gasteiger partial charge < -0.3 is 5.32 Å². The minimum Gasteiger partial charge on any atom is -0.349 e. The van der Waals surface area contributed by atoms with Crippen LogP contribution in [0.5, 0.6) is 0 Å². The van der Waals surface area contributed by atoms with E-state index in [9.17, 15) is 14.9 Å². The van der Waals surface area contributed by atoms with Gasteiger partial charge in [-0.05, 0) is 5.56 Å². The Morgan fingerprint density at radius 1 is 1.31 bits per heavy atom. The average molecular weight is 220 g/mol. The molecule has 0 aliphatic carbocycles. The van der Waals surface area contributed by atoms with E-state index in [1.54, 1.807) is 0 Å². The molecule has 0 aromatic heterocycles. The van der Waals surface area contributed by atoms with Crippen LogP contribution in [0.15, 0.2) is 30.3 Å². The van der Waals surface area contributed by atoms with Crippen LogP contribution in [0.3, 0.4) is 0 Å². The topological polar surface area (TPSA) is 72.2 Å². The third-order valence-electron chi connectivity index (χ3n) is 2.84. The van der Waals surface area contributed by atoms with Crippen molar-refractivity contribution in [3.05, 3.63) is 46.0 Å². The highest BCUT2D eigenvalue weighted by Gasteiger charge is 2.35. The van der Waals surface area contributed by atoms with Crippen LogP contribution in [-0.4, -0.2) is 23.4 Å². The Kier molecular flexibility index (Phi) is 2.85. The van der Waals surface area contributed by atoms with Gasteiger partial charge in [0.2, 0.25) is 11.9 Å². The maximum atomic E-state index is 11.6. The third-order valence-corrected chi connectivity index (χ3v) is 2.84. The third kappa shape index (κ3) is 2.03. The van der Waals surface area contributed by atoms with Gasteiger partial charge in [0.15, 0.2) is 0 Å². The van der Waals surface area contributed by atoms with E-state index in [0.29, 0.717) is 0 Å². The number of rotatable bonds is 2. The number of carbonyl (C=O) groups is 1. The van der Waals surface area contributed by atoms with Crippen molar-refractivity contribution in [2.45, 2.75) is 18.4 Å². The van der Waals surface area contributed by atoms with Crippen LogP contribution in [0.1, 0.15) is 17.9 Å². The number of nitro groups is 1. The first-order valence-electron chi connectivity index (χ1n) is 5.14. The van der Waals surface area contributed by atoms with Gasteiger partial charge in [0.1, 0.15) is 0 Å². The van der Waals surface area contributed by atoms with E-state index in [1.165, 1.54) is 0 Å². The number of nitrogens with zero attached hydrogens (tertiary/aromatic N) is 1. The molecule has 1 aromatic carbocycles. The zero-order valence-electron chi connectivity index (χ0n) is 8.63. The van der Waals surface area contributed by atoms with Crippen LogP contribution in [0.4, 0.5) is 0 Å². The lowest BCUT2D eigenvalue weighted by atomic mass is 9.89. The van der Waals surface area contributed by atoms with Gasteiger partial charge in [-0.3, -0.25) is 14.9 Å². The van der Waals surface area contributed by atoms with Gasteiger partial charge in [-0.1, -0.05) is 30.3 Å². The molecule has 1 aliphatic rings. The summed E-state index contributed by atoms with van der Waals surface area (Å²) in [6.45, 7) is 0.134. The zero-order valence-corrected chi connectivity index (χ0v) is 8.63. The largest absolute Gasteiger partial charge is 0.349 e. The van der Waals surface area contributed by atoms with Crippen molar-refractivity contribution in [1.29, 1.82) is 0 Å². The van der Waals surface area contributed by atoms with Crippen molar-refractivity contribution in [1.82, 2.24) is 5.32 Å². The van der Waals surface area contributed by atoms with Crippen LogP contribution >= 0.6 is 0 Å². The maximum absolute atomic E-state index is 11.6. The summed E-state index contributed by atoms with van der Waals surface area (Å²) in [5, 5.41) is 13.3. The molecule has 1 amide bonds. The zero-order chi connectivity index (χ0) is 11.5. The van der Waals surface area contributed by atoms with Crippen molar-refractivity contribution < 1.29 is 9.72 Å². The van der Waals surface area contributed by atoms with Gasteiger partial charge in [0.05, 0.1) is 12.5 Å². The lowest BCUT2D eigenvalue weighted by Gasteiger charge is -2.24. The van der Waals surface area contributed by atoms with Crippen molar-refractivity contribution >= 4 is 5.91 Å². The minimum absolute atomic E-state index is 0.121. The Morgan fingerprint density at radius 3 is 2.62 bits per heavy atom. The molecule has 1 aromatic rings. The summed E-state index contributed by atoms with van der Waals surface area (Å²) in [6, 6.07) is 8.49. The number of hydrogen-bond acceptors (Lipinski definition) is 3. The summed E-state index contributed by atoms with van der Waals surface area (Å²) in [6.07, 6.45) is 0.281. The highest BCUT2D eigenvalue weighted by Crippen LogP contribution is 2.25. The average Bonchev–Trinajstić information content (AvgIpc) is 2.30. The lowest BCUT2D eigenvalue weighted by molar-refractivity contribution is -0.522. The molecular formula is C11H12N2O3. The van der Waals surface area contributed by atoms with Gasteiger partial charge in [0.25, 0.3) is 0 Å². The summed E-state index contributed by atoms with van der Waals surface area (Å²) in [5.74, 6) is -0.519. The smallest absolute Gasteiger partial charge is 0.231 e. The molecule has 0 bridgehead atoms. The van der Waals surface area contributed by atoms with E-state index < -0.39 is 12.0 Å². The number of piperidine rings is 1. The van der Waals surface area contributed by atoms with E-state index in [1.807, 2.05) is 30.3 Å². The Balaban J connectivity index is 2.19. The summed E-state index contributed by atoms with van der Waals surface area (Å²) in [5.41, 5.74) is 0.839. The summed E-state index contributed by atoms with van der Waals surface area (Å²) < 4.78 is 0. The number of carbonyl (C=O) groups excluding carboxylic acids is 1. The van der Waals surface area contributed by atoms with E-state index in [0.717, 1.165) is 5.56 Å². The monoisotopic (exact) mass is 220 g/mol. The molecule has 1 aliphatic heterocycles. The molecule has 2 unspecified atom stereocenters. The fraction of sp³-hybridized carbons (Fsp3) is 0.364. The standard InChI is InChI=1S/C11H12N2O3/c14-11-10(8-4-2-1-3-5-8)6-9(7-12-11)13(15)16/h1-5,9-10H,6-7H2,(H,12,14). The van der Waals surface area contributed by atoms with Gasteiger partial charge in [-0.25, -0.2) is 0 Å². The predicted octanol–water partition coefficient (Wildman–Crippen LogP) is 0.935. The molecule has 0 saturated carbocycles. The van der Waals surface area contributed by atoms with Gasteiger partial charge in [0, 0.05) is 11.3 Å². The Bertz CT molecular complexity index is 405. The molecular weight excluding hydrogens is 208 g/mol. The molecule has 0 spiro atoms. The molecule has 84 valence electrons. The molecule has 2 rings (SSSR count). The van der Waals surface area contributed by atoms with Crippen molar-refractivity contribution in [2.75, 3.05) is 6.54 Å². The van der Waals surface area contributed by atoms with Crippen molar-refractivity contribution in [3.63, 3.8) is 0 Å². The predicted molar refractivity (Wildman–Crippen MR) is 57.6 cm³/mol. The number of nitrogens with one attached hydrogen (secondary N) is 1. The van der Waals surface area contributed by atoms with E-state index in [-0.39, 0.29) is 23.8 Å². The van der Waals surface area contributed by atoms with E-state index in [2.05, 4.69) is 5.32 Å². The van der Waals surface area contributed by atoms with Crippen molar-refractivity contribution in [3.8, 4) is 0 Å². The maximum Gasteiger partial charge on any atom is 0.231 e. The van der Waals surface area contributed by atoms with Crippen LogP contribution in [0, 0.1) is 10.1 Å². The van der Waals surface area contributed by atoms with Crippen LogP contribution in [0.25, 0.3) is 0 Å². The summed E-state index contributed by atoms with van der Waals surface area (Å²) >= 11 is 0. The van der Waals surface area contributed by atoms with Crippen LogP contribution < -0.4 is 5.32 Å². The Morgan fingerprint density at radius 2 is 2.00 bits per heavy atom. The van der Waals surface area contributed by atoms with Crippen molar-refractivity contribution in [2.24, 2.45) is 0 Å². The molecule has 0 radical (unpaired) electrons. The molecule has 2 atom stereocenters. The van der Waals surface area contributed by atoms with Gasteiger partial charge in [-0.15, -0.1) is 0 Å². The fourth-order valence-electron chi connectivity index (χ4n) is 1.94. The first kappa shape index (κ1) is 10.6. The SMILES string of the molecule is O=C1NCC([N+](=O)[O-])CC1c1ccccc1. The second kappa shape index (κ2) is 4.30. The molecule has 1 fully saturated rings. The molecule has 1 saturated heterocycles. The molecule has 16 heavy (non-hydrogen) atoms. The molecule has 5 nitrogen and oxygen atoms in total. The van der Waals surface area contributed by atoms with Crippen LogP contribution in [0.2, 0.25) is 0 Å². The molecule has 1 N–H and O–H groups in total. The first-order valence-corrected chi connectivity index (χ1v) is 5.14. The first-order chi connectivity index (χ1) is 7.68. The minimum atomic E-state index is -0.678. The van der Waals surface area contributed by atoms with Gasteiger partial charge in [-0.2, -0.15) is 0 Å². The normalized spacial score (nSPS) is 24.9. The Hall–Kier alpha value is -1.91. The van der Waals surface area contributed by atoms with E-state index in [4.69, 9.17) is 0 Å². The molecule has 5 heteroatoms. The number of hydrogen-bond donors (Lipinski definition) is 1.